The molecule has 1 amide bonds. The molecule has 0 aliphatic rings. The first-order chi connectivity index (χ1) is 14.5. The van der Waals surface area contributed by atoms with E-state index in [1.165, 1.54) is 4.52 Å². The SMILES string of the molecule is Cc1ccc(NC(=O)[C@H](OC(=O)c2nc3nccc(C)n3n2)c2ccccc2)cc1. The van der Waals surface area contributed by atoms with Crippen molar-refractivity contribution in [2.75, 3.05) is 5.32 Å². The average molecular weight is 401 g/mol. The second-order valence-corrected chi connectivity index (χ2v) is 6.78. The van der Waals surface area contributed by atoms with Crippen molar-refractivity contribution in [1.82, 2.24) is 19.6 Å². The molecule has 1 N–H and O–H groups in total. The Morgan fingerprint density at radius 3 is 2.43 bits per heavy atom. The van der Waals surface area contributed by atoms with E-state index in [0.29, 0.717) is 11.3 Å². The monoisotopic (exact) mass is 401 g/mol. The standard InChI is InChI=1S/C22H19N5O3/c1-14-8-10-17(11-9-14)24-20(28)18(16-6-4-3-5-7-16)30-21(29)19-25-22-23-13-12-15(2)27(22)26-19/h3-13,18H,1-2H3,(H,24,28)/t18-/m1/s1. The van der Waals surface area contributed by atoms with Gasteiger partial charge in [-0.1, -0.05) is 48.0 Å². The summed E-state index contributed by atoms with van der Waals surface area (Å²) in [6.07, 6.45) is 0.414. The first kappa shape index (κ1) is 19.3. The first-order valence-electron chi connectivity index (χ1n) is 9.33. The quantitative estimate of drug-likeness (QED) is 0.515. The Kier molecular flexibility index (Phi) is 5.21. The van der Waals surface area contributed by atoms with Crippen molar-refractivity contribution in [3.63, 3.8) is 0 Å². The van der Waals surface area contributed by atoms with Gasteiger partial charge in [-0.3, -0.25) is 4.79 Å². The highest BCUT2D eigenvalue weighted by molar-refractivity contribution is 5.97. The van der Waals surface area contributed by atoms with Crippen LogP contribution in [0.4, 0.5) is 5.69 Å². The predicted molar refractivity (Wildman–Crippen MR) is 110 cm³/mol. The normalized spacial score (nSPS) is 11.8. The van der Waals surface area contributed by atoms with Gasteiger partial charge >= 0.3 is 5.97 Å². The Hall–Kier alpha value is -4.07. The van der Waals surface area contributed by atoms with E-state index < -0.39 is 18.0 Å². The third-order valence-electron chi connectivity index (χ3n) is 4.50. The van der Waals surface area contributed by atoms with Crippen LogP contribution < -0.4 is 5.32 Å². The zero-order valence-electron chi connectivity index (χ0n) is 16.4. The number of aromatic nitrogens is 4. The minimum Gasteiger partial charge on any atom is -0.441 e. The van der Waals surface area contributed by atoms with E-state index in [-0.39, 0.29) is 11.6 Å². The zero-order valence-corrected chi connectivity index (χ0v) is 16.4. The lowest BCUT2D eigenvalue weighted by atomic mass is 10.1. The van der Waals surface area contributed by atoms with E-state index >= 15 is 0 Å². The van der Waals surface area contributed by atoms with Gasteiger partial charge < -0.3 is 10.1 Å². The summed E-state index contributed by atoms with van der Waals surface area (Å²) in [5, 5.41) is 6.93. The summed E-state index contributed by atoms with van der Waals surface area (Å²) in [5.41, 5.74) is 2.98. The molecule has 30 heavy (non-hydrogen) atoms. The highest BCUT2D eigenvalue weighted by atomic mass is 16.5. The molecule has 2 heterocycles. The van der Waals surface area contributed by atoms with E-state index in [2.05, 4.69) is 20.4 Å². The molecule has 0 aliphatic carbocycles. The van der Waals surface area contributed by atoms with Crippen LogP contribution in [0.2, 0.25) is 0 Å². The van der Waals surface area contributed by atoms with Crippen LogP contribution in [0.25, 0.3) is 5.78 Å². The molecule has 4 rings (SSSR count). The molecule has 1 atom stereocenters. The number of fused-ring (bicyclic) bond motifs is 1. The molecule has 8 nitrogen and oxygen atoms in total. The fourth-order valence-corrected chi connectivity index (χ4v) is 2.90. The molecule has 0 aliphatic heterocycles. The minimum atomic E-state index is -1.17. The van der Waals surface area contributed by atoms with Crippen LogP contribution in [0.15, 0.2) is 66.9 Å². The number of hydrogen-bond donors (Lipinski definition) is 1. The molecule has 4 aromatic rings. The fraction of sp³-hybridized carbons (Fsp3) is 0.136. The Bertz CT molecular complexity index is 1200. The molecular formula is C22H19N5O3. The topological polar surface area (TPSA) is 98.5 Å². The van der Waals surface area contributed by atoms with Crippen molar-refractivity contribution in [1.29, 1.82) is 0 Å². The van der Waals surface area contributed by atoms with Crippen molar-refractivity contribution in [2.24, 2.45) is 0 Å². The molecule has 2 aromatic carbocycles. The Balaban J connectivity index is 1.60. The molecule has 0 bridgehead atoms. The van der Waals surface area contributed by atoms with Gasteiger partial charge in [-0.15, -0.1) is 5.10 Å². The molecule has 150 valence electrons. The molecular weight excluding hydrogens is 382 g/mol. The van der Waals surface area contributed by atoms with Crippen molar-refractivity contribution >= 4 is 23.3 Å². The summed E-state index contributed by atoms with van der Waals surface area (Å²) < 4.78 is 6.98. The number of benzene rings is 2. The Morgan fingerprint density at radius 2 is 1.73 bits per heavy atom. The van der Waals surface area contributed by atoms with Crippen LogP contribution in [-0.2, 0) is 9.53 Å². The van der Waals surface area contributed by atoms with Crippen molar-refractivity contribution in [3.8, 4) is 0 Å². The van der Waals surface area contributed by atoms with Crippen molar-refractivity contribution in [3.05, 3.63) is 89.5 Å². The molecule has 0 spiro atoms. The third kappa shape index (κ3) is 4.02. The van der Waals surface area contributed by atoms with Crippen LogP contribution in [0, 0.1) is 13.8 Å². The summed E-state index contributed by atoms with van der Waals surface area (Å²) >= 11 is 0. The van der Waals surface area contributed by atoms with Crippen LogP contribution in [0.5, 0.6) is 0 Å². The van der Waals surface area contributed by atoms with Crippen molar-refractivity contribution in [2.45, 2.75) is 20.0 Å². The largest absolute Gasteiger partial charge is 0.441 e. The Morgan fingerprint density at radius 1 is 1.00 bits per heavy atom. The lowest BCUT2D eigenvalue weighted by Crippen LogP contribution is -2.26. The number of ether oxygens (including phenoxy) is 1. The maximum Gasteiger partial charge on any atom is 0.379 e. The van der Waals surface area contributed by atoms with E-state index in [1.54, 1.807) is 48.7 Å². The van der Waals surface area contributed by atoms with Gasteiger partial charge in [-0.05, 0) is 32.0 Å². The lowest BCUT2D eigenvalue weighted by Gasteiger charge is -2.17. The number of esters is 1. The second kappa shape index (κ2) is 8.12. The second-order valence-electron chi connectivity index (χ2n) is 6.78. The molecule has 2 aromatic heterocycles. The van der Waals surface area contributed by atoms with Gasteiger partial charge in [-0.25, -0.2) is 14.3 Å². The van der Waals surface area contributed by atoms with Gasteiger partial charge in [0.15, 0.2) is 0 Å². The molecule has 8 heteroatoms. The van der Waals surface area contributed by atoms with Gasteiger partial charge in [0.2, 0.25) is 6.10 Å². The molecule has 0 saturated carbocycles. The average Bonchev–Trinajstić information content (AvgIpc) is 3.20. The highest BCUT2D eigenvalue weighted by Crippen LogP contribution is 2.21. The number of anilines is 1. The summed E-state index contributed by atoms with van der Waals surface area (Å²) in [6, 6.07) is 17.9. The van der Waals surface area contributed by atoms with Crippen LogP contribution >= 0.6 is 0 Å². The van der Waals surface area contributed by atoms with E-state index in [1.807, 2.05) is 32.0 Å². The predicted octanol–water partition coefficient (Wildman–Crippen LogP) is 3.28. The number of nitrogens with one attached hydrogen (secondary N) is 1. The number of aryl methyl sites for hydroxylation is 2. The van der Waals surface area contributed by atoms with Crippen molar-refractivity contribution < 1.29 is 14.3 Å². The molecule has 0 unspecified atom stereocenters. The zero-order chi connectivity index (χ0) is 21.1. The van der Waals surface area contributed by atoms with Crippen LogP contribution in [-0.4, -0.2) is 31.5 Å². The lowest BCUT2D eigenvalue weighted by molar-refractivity contribution is -0.125. The third-order valence-corrected chi connectivity index (χ3v) is 4.50. The summed E-state index contributed by atoms with van der Waals surface area (Å²) in [5.74, 6) is -1.17. The van der Waals surface area contributed by atoms with Crippen LogP contribution in [0.3, 0.4) is 0 Å². The van der Waals surface area contributed by atoms with Crippen LogP contribution in [0.1, 0.15) is 33.5 Å². The number of hydrogen-bond acceptors (Lipinski definition) is 6. The maximum absolute atomic E-state index is 12.9. The molecule has 0 fully saturated rings. The van der Waals surface area contributed by atoms with E-state index in [0.717, 1.165) is 11.3 Å². The number of rotatable bonds is 5. The summed E-state index contributed by atoms with van der Waals surface area (Å²) in [6.45, 7) is 3.78. The summed E-state index contributed by atoms with van der Waals surface area (Å²) in [4.78, 5) is 33.9. The maximum atomic E-state index is 12.9. The van der Waals surface area contributed by atoms with Gasteiger partial charge in [0.25, 0.3) is 17.5 Å². The van der Waals surface area contributed by atoms with E-state index in [4.69, 9.17) is 4.74 Å². The highest BCUT2D eigenvalue weighted by Gasteiger charge is 2.28. The van der Waals surface area contributed by atoms with Gasteiger partial charge in [0.05, 0.1) is 0 Å². The number of carbonyl (C=O) groups is 2. The van der Waals surface area contributed by atoms with Gasteiger partial charge in [-0.2, -0.15) is 4.98 Å². The summed E-state index contributed by atoms with van der Waals surface area (Å²) in [7, 11) is 0. The smallest absolute Gasteiger partial charge is 0.379 e. The number of amides is 1. The minimum absolute atomic E-state index is 0.166. The Labute approximate surface area is 172 Å². The van der Waals surface area contributed by atoms with E-state index in [9.17, 15) is 9.59 Å². The number of carbonyl (C=O) groups excluding carboxylic acids is 2. The first-order valence-corrected chi connectivity index (χ1v) is 9.33. The van der Waals surface area contributed by atoms with Gasteiger partial charge in [0, 0.05) is 23.1 Å². The number of nitrogens with zero attached hydrogens (tertiary/aromatic N) is 4. The molecule has 0 saturated heterocycles. The van der Waals surface area contributed by atoms with Gasteiger partial charge in [0.1, 0.15) is 0 Å². The fourth-order valence-electron chi connectivity index (χ4n) is 2.90. The molecule has 0 radical (unpaired) electrons.